The van der Waals surface area contributed by atoms with Crippen LogP contribution in [0.4, 0.5) is 0 Å². The van der Waals surface area contributed by atoms with Gasteiger partial charge in [0.05, 0.1) is 6.42 Å². The molecule has 0 saturated heterocycles. The standard InChI is InChI=1S/C12H19NO2/c13-6-12(5-10(14)15)8-3-1-7-2-4-9(12)11(7)8/h7-9,11H,1-6,13H2,(H,14,15)/t7?,8-,9+,11+,12+. The highest BCUT2D eigenvalue weighted by molar-refractivity contribution is 5.68. The van der Waals surface area contributed by atoms with Crippen LogP contribution in [0.15, 0.2) is 0 Å². The molecule has 84 valence electrons. The van der Waals surface area contributed by atoms with E-state index in [2.05, 4.69) is 0 Å². The molecule has 15 heavy (non-hydrogen) atoms. The van der Waals surface area contributed by atoms with Gasteiger partial charge >= 0.3 is 5.97 Å². The van der Waals surface area contributed by atoms with E-state index in [0.717, 1.165) is 11.8 Å². The van der Waals surface area contributed by atoms with Gasteiger partial charge in [0.25, 0.3) is 0 Å². The van der Waals surface area contributed by atoms with Crippen molar-refractivity contribution in [1.82, 2.24) is 0 Å². The predicted octanol–water partition coefficient (Wildman–Crippen LogP) is 1.47. The highest BCUT2D eigenvalue weighted by atomic mass is 16.4. The predicted molar refractivity (Wildman–Crippen MR) is 56.2 cm³/mol. The highest BCUT2D eigenvalue weighted by Crippen LogP contribution is 2.71. The lowest BCUT2D eigenvalue weighted by Crippen LogP contribution is -2.58. The van der Waals surface area contributed by atoms with Crippen molar-refractivity contribution in [3.8, 4) is 0 Å². The van der Waals surface area contributed by atoms with E-state index in [1.165, 1.54) is 25.7 Å². The Morgan fingerprint density at radius 1 is 1.27 bits per heavy atom. The third-order valence-corrected chi connectivity index (χ3v) is 5.51. The molecule has 3 rings (SSSR count). The molecule has 0 aromatic heterocycles. The van der Waals surface area contributed by atoms with Crippen LogP contribution in [-0.2, 0) is 4.79 Å². The van der Waals surface area contributed by atoms with Crippen molar-refractivity contribution in [2.45, 2.75) is 32.1 Å². The summed E-state index contributed by atoms with van der Waals surface area (Å²) in [5.41, 5.74) is 5.87. The Hall–Kier alpha value is -0.570. The van der Waals surface area contributed by atoms with E-state index in [1.807, 2.05) is 0 Å². The average molecular weight is 209 g/mol. The van der Waals surface area contributed by atoms with Crippen molar-refractivity contribution in [1.29, 1.82) is 0 Å². The fraction of sp³-hybridized carbons (Fsp3) is 0.917. The molecular weight excluding hydrogens is 190 g/mol. The van der Waals surface area contributed by atoms with E-state index < -0.39 is 5.97 Å². The topological polar surface area (TPSA) is 63.3 Å². The lowest BCUT2D eigenvalue weighted by molar-refractivity contribution is -0.153. The van der Waals surface area contributed by atoms with E-state index in [9.17, 15) is 4.79 Å². The zero-order valence-electron chi connectivity index (χ0n) is 8.98. The van der Waals surface area contributed by atoms with Gasteiger partial charge in [0, 0.05) is 0 Å². The van der Waals surface area contributed by atoms with Crippen LogP contribution in [0.25, 0.3) is 0 Å². The van der Waals surface area contributed by atoms with Crippen molar-refractivity contribution in [2.24, 2.45) is 34.8 Å². The summed E-state index contributed by atoms with van der Waals surface area (Å²) in [4.78, 5) is 11.0. The number of aliphatic carboxylic acids is 1. The van der Waals surface area contributed by atoms with Crippen LogP contribution in [0.1, 0.15) is 32.1 Å². The summed E-state index contributed by atoms with van der Waals surface area (Å²) in [6, 6.07) is 0. The van der Waals surface area contributed by atoms with E-state index in [1.54, 1.807) is 0 Å². The SMILES string of the molecule is NC[C@@]1(CC(=O)O)[C@@H]2CCC3CC[C@H]1[C@@H]32. The van der Waals surface area contributed by atoms with Crippen LogP contribution in [0, 0.1) is 29.1 Å². The minimum atomic E-state index is -0.658. The van der Waals surface area contributed by atoms with Gasteiger partial charge in [0.1, 0.15) is 0 Å². The maximum Gasteiger partial charge on any atom is 0.303 e. The molecule has 0 bridgehead atoms. The molecule has 0 amide bonds. The quantitative estimate of drug-likeness (QED) is 0.740. The Balaban J connectivity index is 1.88. The average Bonchev–Trinajstić information content (AvgIpc) is 2.67. The van der Waals surface area contributed by atoms with Gasteiger partial charge in [0.2, 0.25) is 0 Å². The lowest BCUT2D eigenvalue weighted by Gasteiger charge is -2.57. The first kappa shape index (κ1) is 9.64. The zero-order valence-corrected chi connectivity index (χ0v) is 8.98. The van der Waals surface area contributed by atoms with Crippen LogP contribution in [0.5, 0.6) is 0 Å². The minimum absolute atomic E-state index is 0.0260. The van der Waals surface area contributed by atoms with Gasteiger partial charge in [-0.25, -0.2) is 0 Å². The van der Waals surface area contributed by atoms with E-state index in [0.29, 0.717) is 24.8 Å². The van der Waals surface area contributed by atoms with Crippen molar-refractivity contribution >= 4 is 5.97 Å². The third kappa shape index (κ3) is 1.02. The molecule has 0 spiro atoms. The second-order valence-electron chi connectivity index (χ2n) is 5.71. The van der Waals surface area contributed by atoms with Gasteiger partial charge < -0.3 is 10.8 Å². The molecule has 0 aromatic carbocycles. The van der Waals surface area contributed by atoms with E-state index in [-0.39, 0.29) is 5.41 Å². The van der Waals surface area contributed by atoms with Crippen molar-refractivity contribution < 1.29 is 9.90 Å². The van der Waals surface area contributed by atoms with Crippen molar-refractivity contribution in [3.63, 3.8) is 0 Å². The zero-order chi connectivity index (χ0) is 10.6. The number of nitrogens with two attached hydrogens (primary N) is 1. The molecule has 0 radical (unpaired) electrons. The first-order chi connectivity index (χ1) is 7.19. The largest absolute Gasteiger partial charge is 0.481 e. The number of carbonyl (C=O) groups is 1. The minimum Gasteiger partial charge on any atom is -0.481 e. The maximum absolute atomic E-state index is 11.0. The number of carboxylic acids is 1. The van der Waals surface area contributed by atoms with Crippen LogP contribution >= 0.6 is 0 Å². The molecule has 0 heterocycles. The van der Waals surface area contributed by atoms with E-state index in [4.69, 9.17) is 10.8 Å². The van der Waals surface area contributed by atoms with E-state index >= 15 is 0 Å². The lowest BCUT2D eigenvalue weighted by atomic mass is 9.47. The summed E-state index contributed by atoms with van der Waals surface area (Å²) in [6.07, 6.45) is 5.43. The van der Waals surface area contributed by atoms with Crippen LogP contribution in [-0.4, -0.2) is 17.6 Å². The van der Waals surface area contributed by atoms with Crippen LogP contribution in [0.2, 0.25) is 0 Å². The Morgan fingerprint density at radius 3 is 2.33 bits per heavy atom. The Kier molecular flexibility index (Phi) is 1.91. The molecular formula is C12H19NO2. The maximum atomic E-state index is 11.0. The molecule has 3 N–H and O–H groups in total. The molecule has 3 aliphatic carbocycles. The Labute approximate surface area is 90.0 Å². The fourth-order valence-corrected chi connectivity index (χ4v) is 5.06. The van der Waals surface area contributed by atoms with Gasteiger partial charge in [-0.05, 0) is 61.3 Å². The number of rotatable bonds is 3. The van der Waals surface area contributed by atoms with Crippen molar-refractivity contribution in [3.05, 3.63) is 0 Å². The molecule has 0 aliphatic heterocycles. The first-order valence-electron chi connectivity index (χ1n) is 6.11. The van der Waals surface area contributed by atoms with Crippen LogP contribution in [0.3, 0.4) is 0 Å². The highest BCUT2D eigenvalue weighted by Gasteiger charge is 2.67. The van der Waals surface area contributed by atoms with Gasteiger partial charge in [-0.3, -0.25) is 4.79 Å². The Bertz CT molecular complexity index is 286. The molecule has 3 fully saturated rings. The van der Waals surface area contributed by atoms with Gasteiger partial charge in [-0.2, -0.15) is 0 Å². The molecule has 3 heteroatoms. The third-order valence-electron chi connectivity index (χ3n) is 5.51. The number of carboxylic acid groups (broad SMARTS) is 1. The molecule has 1 unspecified atom stereocenters. The molecule has 3 saturated carbocycles. The molecule has 5 atom stereocenters. The van der Waals surface area contributed by atoms with Gasteiger partial charge in [-0.1, -0.05) is 0 Å². The summed E-state index contributed by atoms with van der Waals surface area (Å²) < 4.78 is 0. The monoisotopic (exact) mass is 209 g/mol. The molecule has 3 aliphatic rings. The van der Waals surface area contributed by atoms with Gasteiger partial charge in [0.15, 0.2) is 0 Å². The number of hydrogen-bond donors (Lipinski definition) is 2. The summed E-state index contributed by atoms with van der Waals surface area (Å²) in [5, 5.41) is 9.04. The molecule has 0 aromatic rings. The van der Waals surface area contributed by atoms with Gasteiger partial charge in [-0.15, -0.1) is 0 Å². The number of hydrogen-bond acceptors (Lipinski definition) is 2. The second-order valence-corrected chi connectivity index (χ2v) is 5.71. The fourth-order valence-electron chi connectivity index (χ4n) is 5.06. The molecule has 3 nitrogen and oxygen atoms in total. The normalized spacial score (nSPS) is 51.3. The Morgan fingerprint density at radius 2 is 1.87 bits per heavy atom. The summed E-state index contributed by atoms with van der Waals surface area (Å²) in [6.45, 7) is 0.581. The second kappa shape index (κ2) is 2.97. The van der Waals surface area contributed by atoms with Crippen molar-refractivity contribution in [2.75, 3.05) is 6.54 Å². The summed E-state index contributed by atoms with van der Waals surface area (Å²) >= 11 is 0. The first-order valence-corrected chi connectivity index (χ1v) is 6.11. The summed E-state index contributed by atoms with van der Waals surface area (Å²) in [5.74, 6) is 2.36. The smallest absolute Gasteiger partial charge is 0.303 e. The van der Waals surface area contributed by atoms with Crippen LogP contribution < -0.4 is 5.73 Å². The summed E-state index contributed by atoms with van der Waals surface area (Å²) in [7, 11) is 0.